The van der Waals surface area contributed by atoms with E-state index in [0.717, 1.165) is 36.1 Å². The minimum Gasteiger partial charge on any atom is -0.334 e. The number of rotatable bonds is 5. The molecule has 1 aromatic heterocycles. The Morgan fingerprint density at radius 1 is 1.35 bits per heavy atom. The minimum atomic E-state index is 0.137. The molecule has 2 nitrogen and oxygen atoms in total. The van der Waals surface area contributed by atoms with Gasteiger partial charge in [0.25, 0.3) is 0 Å². The summed E-state index contributed by atoms with van der Waals surface area (Å²) in [7, 11) is 0. The van der Waals surface area contributed by atoms with Crippen molar-refractivity contribution in [3.63, 3.8) is 0 Å². The number of carbonyl (C=O) groups excluding carboxylic acids is 1. The van der Waals surface area contributed by atoms with E-state index < -0.39 is 0 Å². The minimum absolute atomic E-state index is 0.137. The van der Waals surface area contributed by atoms with Crippen molar-refractivity contribution in [1.29, 1.82) is 0 Å². The Kier molecular flexibility index (Phi) is 4.18. The Morgan fingerprint density at radius 2 is 2.15 bits per heavy atom. The molecule has 0 spiro atoms. The first kappa shape index (κ1) is 14.2. The molecule has 4 heteroatoms. The van der Waals surface area contributed by atoms with Crippen molar-refractivity contribution in [3.05, 3.63) is 34.0 Å². The van der Waals surface area contributed by atoms with Crippen LogP contribution in [0.25, 0.3) is 0 Å². The molecular formula is C16H20ClNOS. The first-order valence-electron chi connectivity index (χ1n) is 7.35. The van der Waals surface area contributed by atoms with Crippen molar-refractivity contribution in [2.24, 2.45) is 11.8 Å². The molecule has 2 fully saturated rings. The number of piperidine rings is 1. The molecule has 2 unspecified atom stereocenters. The number of halogens is 1. The van der Waals surface area contributed by atoms with Gasteiger partial charge in [0.1, 0.15) is 0 Å². The van der Waals surface area contributed by atoms with E-state index in [9.17, 15) is 4.79 Å². The highest BCUT2D eigenvalue weighted by atomic mass is 35.5. The lowest BCUT2D eigenvalue weighted by atomic mass is 9.88. The van der Waals surface area contributed by atoms with Crippen LogP contribution < -0.4 is 0 Å². The van der Waals surface area contributed by atoms with E-state index in [1.807, 2.05) is 12.1 Å². The van der Waals surface area contributed by atoms with Crippen LogP contribution in [0.3, 0.4) is 0 Å². The highest BCUT2D eigenvalue weighted by Crippen LogP contribution is 2.42. The Bertz CT molecular complexity index is 508. The molecule has 1 aromatic rings. The van der Waals surface area contributed by atoms with Gasteiger partial charge >= 0.3 is 0 Å². The number of carbonyl (C=O) groups is 1. The predicted octanol–water partition coefficient (Wildman–Crippen LogP) is 4.67. The lowest BCUT2D eigenvalue weighted by molar-refractivity contribution is -0.142. The summed E-state index contributed by atoms with van der Waals surface area (Å²) in [5.41, 5.74) is 0. The number of likely N-dealkylation sites (tertiary alicyclic amines) is 1. The lowest BCUT2D eigenvalue weighted by Gasteiger charge is -2.39. The summed E-state index contributed by atoms with van der Waals surface area (Å²) in [5.74, 6) is 1.18. The fraction of sp³-hybridized carbons (Fsp3) is 0.562. The van der Waals surface area contributed by atoms with Crippen LogP contribution in [-0.2, 0) is 4.79 Å². The molecule has 20 heavy (non-hydrogen) atoms. The first-order chi connectivity index (χ1) is 9.69. The van der Waals surface area contributed by atoms with Crippen molar-refractivity contribution in [2.75, 3.05) is 6.54 Å². The zero-order valence-corrected chi connectivity index (χ0v) is 13.1. The SMILES string of the molecule is C=CCC1CCC(c2ccc(Cl)s2)N(CC2CC2)C1=O. The van der Waals surface area contributed by atoms with E-state index in [1.165, 1.54) is 17.7 Å². The zero-order chi connectivity index (χ0) is 14.1. The summed E-state index contributed by atoms with van der Waals surface area (Å²) in [6, 6.07) is 4.26. The van der Waals surface area contributed by atoms with E-state index >= 15 is 0 Å². The second kappa shape index (κ2) is 5.90. The van der Waals surface area contributed by atoms with Crippen molar-refractivity contribution >= 4 is 28.8 Å². The predicted molar refractivity (Wildman–Crippen MR) is 84.0 cm³/mol. The van der Waals surface area contributed by atoms with Gasteiger partial charge in [-0.25, -0.2) is 0 Å². The van der Waals surface area contributed by atoms with Crippen LogP contribution in [0, 0.1) is 11.8 Å². The standard InChI is InChI=1S/C16H20ClNOS/c1-2-3-12-6-7-13(14-8-9-15(17)20-14)18(16(12)19)10-11-4-5-11/h2,8-9,11-13H,1,3-7,10H2. The van der Waals surface area contributed by atoms with Gasteiger partial charge in [0.15, 0.2) is 0 Å². The number of amides is 1. The normalized spacial score (nSPS) is 26.9. The van der Waals surface area contributed by atoms with Gasteiger partial charge in [-0.2, -0.15) is 0 Å². The summed E-state index contributed by atoms with van der Waals surface area (Å²) >= 11 is 7.68. The maximum absolute atomic E-state index is 12.7. The van der Waals surface area contributed by atoms with Gasteiger partial charge in [-0.1, -0.05) is 17.7 Å². The van der Waals surface area contributed by atoms with E-state index in [2.05, 4.69) is 17.5 Å². The van der Waals surface area contributed by atoms with Crippen LogP contribution in [0.15, 0.2) is 24.8 Å². The molecular weight excluding hydrogens is 290 g/mol. The molecule has 108 valence electrons. The average Bonchev–Trinajstić information content (AvgIpc) is 3.15. The second-order valence-corrected chi connectivity index (χ2v) is 7.64. The third-order valence-electron chi connectivity index (χ3n) is 4.32. The van der Waals surface area contributed by atoms with Crippen molar-refractivity contribution < 1.29 is 4.79 Å². The van der Waals surface area contributed by atoms with Crippen LogP contribution in [0.5, 0.6) is 0 Å². The maximum Gasteiger partial charge on any atom is 0.226 e. The third-order valence-corrected chi connectivity index (χ3v) is 5.65. The fourth-order valence-corrected chi connectivity index (χ4v) is 4.25. The van der Waals surface area contributed by atoms with Gasteiger partial charge in [-0.3, -0.25) is 4.79 Å². The Labute approximate surface area is 129 Å². The molecule has 1 amide bonds. The van der Waals surface area contributed by atoms with Crippen LogP contribution in [0.2, 0.25) is 4.34 Å². The second-order valence-electron chi connectivity index (χ2n) is 5.89. The van der Waals surface area contributed by atoms with E-state index in [0.29, 0.717) is 5.91 Å². The molecule has 0 bridgehead atoms. The van der Waals surface area contributed by atoms with Crippen molar-refractivity contribution in [2.45, 2.75) is 38.1 Å². The molecule has 0 aromatic carbocycles. The molecule has 1 aliphatic carbocycles. The number of hydrogen-bond acceptors (Lipinski definition) is 2. The van der Waals surface area contributed by atoms with Gasteiger partial charge in [0.2, 0.25) is 5.91 Å². The lowest BCUT2D eigenvalue weighted by Crippen LogP contribution is -2.44. The van der Waals surface area contributed by atoms with Crippen molar-refractivity contribution in [3.8, 4) is 0 Å². The Balaban J connectivity index is 1.81. The molecule has 1 saturated carbocycles. The fourth-order valence-electron chi connectivity index (χ4n) is 3.05. The average molecular weight is 310 g/mol. The molecule has 3 rings (SSSR count). The highest BCUT2D eigenvalue weighted by Gasteiger charge is 2.38. The number of hydrogen-bond donors (Lipinski definition) is 0. The summed E-state index contributed by atoms with van der Waals surface area (Å²) < 4.78 is 0.812. The highest BCUT2D eigenvalue weighted by molar-refractivity contribution is 7.16. The number of thiophene rings is 1. The summed E-state index contributed by atoms with van der Waals surface area (Å²) in [6.45, 7) is 4.71. The Hall–Kier alpha value is -0.800. The summed E-state index contributed by atoms with van der Waals surface area (Å²) in [6.07, 6.45) is 7.24. The molecule has 2 heterocycles. The third kappa shape index (κ3) is 2.94. The van der Waals surface area contributed by atoms with Gasteiger partial charge in [-0.05, 0) is 50.2 Å². The van der Waals surface area contributed by atoms with E-state index in [4.69, 9.17) is 11.6 Å². The van der Waals surface area contributed by atoms with E-state index in [1.54, 1.807) is 11.3 Å². The van der Waals surface area contributed by atoms with Crippen LogP contribution in [-0.4, -0.2) is 17.4 Å². The number of nitrogens with zero attached hydrogens (tertiary/aromatic N) is 1. The van der Waals surface area contributed by atoms with Gasteiger partial charge in [0, 0.05) is 17.3 Å². The van der Waals surface area contributed by atoms with Gasteiger partial charge < -0.3 is 4.90 Å². The largest absolute Gasteiger partial charge is 0.334 e. The van der Waals surface area contributed by atoms with Gasteiger partial charge in [0.05, 0.1) is 10.4 Å². The monoisotopic (exact) mass is 309 g/mol. The van der Waals surface area contributed by atoms with Gasteiger partial charge in [-0.15, -0.1) is 17.9 Å². The summed E-state index contributed by atoms with van der Waals surface area (Å²) in [4.78, 5) is 16.1. The molecule has 2 aliphatic rings. The summed E-state index contributed by atoms with van der Waals surface area (Å²) in [5, 5.41) is 0. The Morgan fingerprint density at radius 3 is 2.75 bits per heavy atom. The van der Waals surface area contributed by atoms with Crippen LogP contribution in [0.1, 0.15) is 43.0 Å². The number of allylic oxidation sites excluding steroid dienone is 1. The van der Waals surface area contributed by atoms with Crippen LogP contribution >= 0.6 is 22.9 Å². The topological polar surface area (TPSA) is 20.3 Å². The maximum atomic E-state index is 12.7. The molecule has 0 radical (unpaired) electrons. The molecule has 1 saturated heterocycles. The smallest absolute Gasteiger partial charge is 0.226 e. The first-order valence-corrected chi connectivity index (χ1v) is 8.55. The zero-order valence-electron chi connectivity index (χ0n) is 11.6. The quantitative estimate of drug-likeness (QED) is 0.724. The molecule has 0 N–H and O–H groups in total. The molecule has 1 aliphatic heterocycles. The van der Waals surface area contributed by atoms with Crippen molar-refractivity contribution in [1.82, 2.24) is 4.90 Å². The van der Waals surface area contributed by atoms with E-state index in [-0.39, 0.29) is 12.0 Å². The van der Waals surface area contributed by atoms with Crippen LogP contribution in [0.4, 0.5) is 0 Å². The molecule has 2 atom stereocenters.